The summed E-state index contributed by atoms with van der Waals surface area (Å²) >= 11 is 0. The maximum atomic E-state index is 6.07. The molecule has 0 radical (unpaired) electrons. The van der Waals surface area contributed by atoms with Crippen LogP contribution in [-0.4, -0.2) is 69.4 Å². The number of likely N-dealkylation sites (N-methyl/N-ethyl adjacent to an activating group) is 1. The van der Waals surface area contributed by atoms with Crippen molar-refractivity contribution >= 4 is 17.3 Å². The predicted molar refractivity (Wildman–Crippen MR) is 113 cm³/mol. The Balaban J connectivity index is 0.00000163. The highest BCUT2D eigenvalue weighted by Crippen LogP contribution is 2.23. The van der Waals surface area contributed by atoms with Gasteiger partial charge in [-0.15, -0.1) is 0 Å². The Morgan fingerprint density at radius 2 is 1.69 bits per heavy atom. The molecule has 0 unspecified atom stereocenters. The number of nitrogen functional groups attached to an aromatic ring is 1. The summed E-state index contributed by atoms with van der Waals surface area (Å²) in [5.41, 5.74) is 7.25. The second-order valence-electron chi connectivity index (χ2n) is 6.47. The fourth-order valence-corrected chi connectivity index (χ4v) is 3.04. The lowest BCUT2D eigenvalue weighted by Gasteiger charge is -2.30. The Labute approximate surface area is 160 Å². The molecule has 0 spiro atoms. The first kappa shape index (κ1) is 22.5. The lowest BCUT2D eigenvalue weighted by Crippen LogP contribution is -2.40. The maximum Gasteiger partial charge on any atom is 0.132 e. The fourth-order valence-electron chi connectivity index (χ4n) is 3.04. The van der Waals surface area contributed by atoms with Crippen LogP contribution < -0.4 is 15.5 Å². The molecule has 1 aromatic rings. The van der Waals surface area contributed by atoms with Gasteiger partial charge in [0.2, 0.25) is 0 Å². The third-order valence-electron chi connectivity index (χ3n) is 4.42. The highest BCUT2D eigenvalue weighted by atomic mass is 16.5. The van der Waals surface area contributed by atoms with Crippen LogP contribution in [0.4, 0.5) is 17.3 Å². The topological polar surface area (TPSA) is 57.9 Å². The summed E-state index contributed by atoms with van der Waals surface area (Å²) in [6.45, 7) is 16.2. The molecular formula is C20H39N5O. The van der Waals surface area contributed by atoms with E-state index in [0.29, 0.717) is 5.82 Å². The number of hydrogen-bond donors (Lipinski definition) is 1. The molecule has 1 aliphatic heterocycles. The molecule has 6 heteroatoms. The normalized spacial score (nSPS) is 14.5. The van der Waals surface area contributed by atoms with Gasteiger partial charge in [0, 0.05) is 64.1 Å². The van der Waals surface area contributed by atoms with Crippen LogP contribution >= 0.6 is 0 Å². The van der Waals surface area contributed by atoms with Crippen molar-refractivity contribution in [1.29, 1.82) is 0 Å². The number of nitrogens with zero attached hydrogens (tertiary/aromatic N) is 4. The number of rotatable bonds is 9. The number of anilines is 3. The van der Waals surface area contributed by atoms with Crippen LogP contribution in [0.2, 0.25) is 0 Å². The van der Waals surface area contributed by atoms with E-state index in [1.165, 1.54) is 5.69 Å². The van der Waals surface area contributed by atoms with Crippen molar-refractivity contribution in [2.75, 3.05) is 75.1 Å². The van der Waals surface area contributed by atoms with Gasteiger partial charge in [-0.25, -0.2) is 4.98 Å². The molecule has 0 saturated carbocycles. The van der Waals surface area contributed by atoms with Crippen molar-refractivity contribution in [3.05, 3.63) is 12.1 Å². The summed E-state index contributed by atoms with van der Waals surface area (Å²) in [6, 6.07) is 4.16. The van der Waals surface area contributed by atoms with Gasteiger partial charge in [0.05, 0.1) is 13.2 Å². The number of nitrogens with two attached hydrogens (primary N) is 1. The molecule has 26 heavy (non-hydrogen) atoms. The molecule has 2 heterocycles. The van der Waals surface area contributed by atoms with Gasteiger partial charge < -0.3 is 20.3 Å². The molecule has 0 aliphatic carbocycles. The van der Waals surface area contributed by atoms with Gasteiger partial charge in [0.25, 0.3) is 0 Å². The Hall–Kier alpha value is -1.53. The first-order valence-corrected chi connectivity index (χ1v) is 10.2. The molecule has 0 amide bonds. The molecule has 2 rings (SSSR count). The van der Waals surface area contributed by atoms with Crippen LogP contribution in [0.5, 0.6) is 0 Å². The van der Waals surface area contributed by atoms with E-state index in [4.69, 9.17) is 10.5 Å². The van der Waals surface area contributed by atoms with Crippen molar-refractivity contribution in [3.8, 4) is 0 Å². The number of pyridine rings is 1. The van der Waals surface area contributed by atoms with Crippen LogP contribution in [0.25, 0.3) is 0 Å². The average Bonchev–Trinajstić information content (AvgIpc) is 2.68. The van der Waals surface area contributed by atoms with Crippen LogP contribution in [0, 0.1) is 0 Å². The molecular weight excluding hydrogens is 326 g/mol. The van der Waals surface area contributed by atoms with Crippen molar-refractivity contribution < 1.29 is 4.74 Å². The van der Waals surface area contributed by atoms with Crippen LogP contribution in [0.3, 0.4) is 0 Å². The van der Waals surface area contributed by atoms with Gasteiger partial charge in [0.1, 0.15) is 11.6 Å². The van der Waals surface area contributed by atoms with E-state index in [2.05, 4.69) is 46.6 Å². The van der Waals surface area contributed by atoms with Gasteiger partial charge in [-0.2, -0.15) is 0 Å². The standard InChI is InChI=1S/C18H33N5O.C2H6/c1-4-6-23(7-5-2)16-14-17(19)20-18(15-16)21(3)8-9-22-10-12-24-13-11-22;1-2/h14-15H,4-13H2,1-3H3,(H2,19,20);1-2H3. The monoisotopic (exact) mass is 365 g/mol. The zero-order valence-electron chi connectivity index (χ0n) is 17.5. The van der Waals surface area contributed by atoms with E-state index in [-0.39, 0.29) is 0 Å². The molecule has 6 nitrogen and oxygen atoms in total. The average molecular weight is 366 g/mol. The number of hydrogen-bond acceptors (Lipinski definition) is 6. The van der Waals surface area contributed by atoms with Crippen LogP contribution in [-0.2, 0) is 4.74 Å². The van der Waals surface area contributed by atoms with Crippen molar-refractivity contribution in [1.82, 2.24) is 9.88 Å². The second kappa shape index (κ2) is 12.8. The maximum absolute atomic E-state index is 6.07. The molecule has 2 N–H and O–H groups in total. The van der Waals surface area contributed by atoms with Gasteiger partial charge in [-0.1, -0.05) is 27.7 Å². The molecule has 1 saturated heterocycles. The van der Waals surface area contributed by atoms with Crippen molar-refractivity contribution in [2.24, 2.45) is 0 Å². The van der Waals surface area contributed by atoms with Crippen molar-refractivity contribution in [3.63, 3.8) is 0 Å². The zero-order chi connectivity index (χ0) is 19.4. The van der Waals surface area contributed by atoms with E-state index in [1.807, 2.05) is 19.9 Å². The van der Waals surface area contributed by atoms with Crippen LogP contribution in [0.15, 0.2) is 12.1 Å². The lowest BCUT2D eigenvalue weighted by molar-refractivity contribution is 0.0393. The first-order valence-electron chi connectivity index (χ1n) is 10.2. The summed E-state index contributed by atoms with van der Waals surface area (Å²) in [4.78, 5) is 11.6. The van der Waals surface area contributed by atoms with E-state index in [0.717, 1.165) is 71.1 Å². The quantitative estimate of drug-likeness (QED) is 0.726. The van der Waals surface area contributed by atoms with Gasteiger partial charge >= 0.3 is 0 Å². The molecule has 0 aromatic carbocycles. The van der Waals surface area contributed by atoms with Gasteiger partial charge in [-0.05, 0) is 12.8 Å². The van der Waals surface area contributed by atoms with Gasteiger partial charge in [-0.3, -0.25) is 4.90 Å². The molecule has 0 bridgehead atoms. The smallest absolute Gasteiger partial charge is 0.132 e. The molecule has 150 valence electrons. The Morgan fingerprint density at radius 1 is 1.08 bits per heavy atom. The Bertz CT molecular complexity index is 485. The minimum atomic E-state index is 0.595. The molecule has 1 aromatic heterocycles. The molecule has 0 atom stereocenters. The van der Waals surface area contributed by atoms with E-state index < -0.39 is 0 Å². The Morgan fingerprint density at radius 3 is 2.27 bits per heavy atom. The third kappa shape index (κ3) is 7.38. The van der Waals surface area contributed by atoms with Gasteiger partial charge in [0.15, 0.2) is 0 Å². The third-order valence-corrected chi connectivity index (χ3v) is 4.42. The fraction of sp³-hybridized carbons (Fsp3) is 0.750. The Kier molecular flexibility index (Phi) is 11.1. The summed E-state index contributed by atoms with van der Waals surface area (Å²) < 4.78 is 5.41. The summed E-state index contributed by atoms with van der Waals surface area (Å²) in [6.07, 6.45) is 2.26. The number of aromatic nitrogens is 1. The molecule has 1 aliphatic rings. The number of morpholine rings is 1. The summed E-state index contributed by atoms with van der Waals surface area (Å²) in [5, 5.41) is 0. The highest BCUT2D eigenvalue weighted by Gasteiger charge is 2.13. The van der Waals surface area contributed by atoms with E-state index in [1.54, 1.807) is 0 Å². The minimum absolute atomic E-state index is 0.595. The predicted octanol–water partition coefficient (Wildman–Crippen LogP) is 3.08. The summed E-state index contributed by atoms with van der Waals surface area (Å²) in [7, 11) is 2.09. The van der Waals surface area contributed by atoms with Crippen LogP contribution in [0.1, 0.15) is 40.5 Å². The first-order chi connectivity index (χ1) is 12.6. The zero-order valence-corrected chi connectivity index (χ0v) is 17.5. The van der Waals surface area contributed by atoms with E-state index in [9.17, 15) is 0 Å². The SMILES string of the molecule is CC.CCCN(CCC)c1cc(N)nc(N(C)CCN2CCOCC2)c1. The minimum Gasteiger partial charge on any atom is -0.384 e. The van der Waals surface area contributed by atoms with Crippen molar-refractivity contribution in [2.45, 2.75) is 40.5 Å². The lowest BCUT2D eigenvalue weighted by atomic mass is 10.2. The molecule has 1 fully saturated rings. The highest BCUT2D eigenvalue weighted by molar-refractivity contribution is 5.61. The number of ether oxygens (including phenoxy) is 1. The second-order valence-corrected chi connectivity index (χ2v) is 6.47. The summed E-state index contributed by atoms with van der Waals surface area (Å²) in [5.74, 6) is 1.55. The van der Waals surface area contributed by atoms with E-state index >= 15 is 0 Å². The largest absolute Gasteiger partial charge is 0.384 e.